The fourth-order valence-electron chi connectivity index (χ4n) is 3.69. The summed E-state index contributed by atoms with van der Waals surface area (Å²) < 4.78 is 31.4. The Bertz CT molecular complexity index is 695. The van der Waals surface area contributed by atoms with Crippen LogP contribution in [0.3, 0.4) is 0 Å². The van der Waals surface area contributed by atoms with E-state index in [9.17, 15) is 13.2 Å². The average molecular weight is 397 g/mol. The van der Waals surface area contributed by atoms with E-state index in [4.69, 9.17) is 4.74 Å². The lowest BCUT2D eigenvalue weighted by Gasteiger charge is -2.32. The van der Waals surface area contributed by atoms with Crippen LogP contribution in [0.4, 0.5) is 5.69 Å². The lowest BCUT2D eigenvalue weighted by Crippen LogP contribution is -2.51. The molecule has 2 rings (SSSR count). The average Bonchev–Trinajstić information content (AvgIpc) is 2.60. The second-order valence-corrected chi connectivity index (χ2v) is 9.09. The van der Waals surface area contributed by atoms with E-state index in [1.807, 2.05) is 6.92 Å². The van der Waals surface area contributed by atoms with Crippen molar-refractivity contribution in [3.63, 3.8) is 0 Å². The topological polar surface area (TPSA) is 75.7 Å². The summed E-state index contributed by atoms with van der Waals surface area (Å²) in [6, 6.07) is 6.11. The molecule has 1 atom stereocenters. The minimum atomic E-state index is -3.62. The number of ether oxygens (including phenoxy) is 1. The minimum Gasteiger partial charge on any atom is -0.497 e. The number of nitrogens with zero attached hydrogens (tertiary/aromatic N) is 1. The second kappa shape index (κ2) is 9.97. The van der Waals surface area contributed by atoms with Gasteiger partial charge in [0.2, 0.25) is 15.9 Å². The monoisotopic (exact) mass is 396 g/mol. The van der Waals surface area contributed by atoms with Crippen molar-refractivity contribution in [3.8, 4) is 5.75 Å². The number of methoxy groups -OCH3 is 1. The molecular weight excluding hydrogens is 364 g/mol. The SMILES string of the molecule is CC[C@H](C(=O)NC1CCCCCCC1)N(c1ccc(OC)cc1)S(C)(=O)=O. The first kappa shape index (κ1) is 21.5. The third kappa shape index (κ3) is 6.13. The lowest BCUT2D eigenvalue weighted by atomic mass is 9.96. The van der Waals surface area contributed by atoms with E-state index in [1.54, 1.807) is 31.4 Å². The number of amides is 1. The summed E-state index contributed by atoms with van der Waals surface area (Å²) in [5.41, 5.74) is 0.470. The van der Waals surface area contributed by atoms with Gasteiger partial charge < -0.3 is 10.1 Å². The lowest BCUT2D eigenvalue weighted by molar-refractivity contribution is -0.123. The summed E-state index contributed by atoms with van der Waals surface area (Å²) in [6.07, 6.45) is 9.34. The summed E-state index contributed by atoms with van der Waals surface area (Å²) in [5, 5.41) is 3.11. The van der Waals surface area contributed by atoms with E-state index in [2.05, 4.69) is 5.32 Å². The van der Waals surface area contributed by atoms with E-state index < -0.39 is 16.1 Å². The van der Waals surface area contributed by atoms with E-state index >= 15 is 0 Å². The second-order valence-electron chi connectivity index (χ2n) is 7.23. The van der Waals surface area contributed by atoms with Crippen molar-refractivity contribution in [2.24, 2.45) is 0 Å². The zero-order valence-electron chi connectivity index (χ0n) is 16.6. The summed E-state index contributed by atoms with van der Waals surface area (Å²) in [7, 11) is -2.06. The molecule has 1 saturated carbocycles. The Hall–Kier alpha value is -1.76. The molecule has 1 aromatic carbocycles. The molecule has 0 heterocycles. The van der Waals surface area contributed by atoms with Crippen LogP contribution in [0.1, 0.15) is 58.3 Å². The highest BCUT2D eigenvalue weighted by atomic mass is 32.2. The van der Waals surface area contributed by atoms with Gasteiger partial charge in [-0.05, 0) is 43.5 Å². The van der Waals surface area contributed by atoms with Crippen LogP contribution in [-0.4, -0.2) is 39.8 Å². The maximum absolute atomic E-state index is 13.0. The van der Waals surface area contributed by atoms with Crippen LogP contribution in [0.2, 0.25) is 0 Å². The number of hydrogen-bond donors (Lipinski definition) is 1. The van der Waals surface area contributed by atoms with Gasteiger partial charge in [0.25, 0.3) is 0 Å². The van der Waals surface area contributed by atoms with Gasteiger partial charge in [0, 0.05) is 6.04 Å². The van der Waals surface area contributed by atoms with Crippen LogP contribution >= 0.6 is 0 Å². The first-order chi connectivity index (χ1) is 12.9. The fourth-order valence-corrected chi connectivity index (χ4v) is 4.90. The molecule has 0 aromatic heterocycles. The molecule has 1 fully saturated rings. The van der Waals surface area contributed by atoms with Crippen LogP contribution in [0.15, 0.2) is 24.3 Å². The largest absolute Gasteiger partial charge is 0.497 e. The van der Waals surface area contributed by atoms with Crippen molar-refractivity contribution in [1.82, 2.24) is 5.32 Å². The third-order valence-corrected chi connectivity index (χ3v) is 6.29. The highest BCUT2D eigenvalue weighted by Crippen LogP contribution is 2.25. The molecule has 6 nitrogen and oxygen atoms in total. The first-order valence-corrected chi connectivity index (χ1v) is 11.7. The van der Waals surface area contributed by atoms with Crippen molar-refractivity contribution in [1.29, 1.82) is 0 Å². The molecule has 0 aliphatic heterocycles. The van der Waals surface area contributed by atoms with Crippen molar-refractivity contribution in [2.45, 2.75) is 70.4 Å². The Morgan fingerprint density at radius 2 is 1.70 bits per heavy atom. The first-order valence-electron chi connectivity index (χ1n) is 9.80. The Balaban J connectivity index is 2.21. The van der Waals surface area contributed by atoms with Gasteiger partial charge in [-0.15, -0.1) is 0 Å². The molecule has 0 saturated heterocycles. The van der Waals surface area contributed by atoms with E-state index in [0.717, 1.165) is 31.9 Å². The van der Waals surface area contributed by atoms with Gasteiger partial charge in [-0.25, -0.2) is 8.42 Å². The molecule has 1 aromatic rings. The van der Waals surface area contributed by atoms with Crippen LogP contribution in [-0.2, 0) is 14.8 Å². The molecule has 1 aliphatic carbocycles. The molecule has 0 unspecified atom stereocenters. The molecule has 27 heavy (non-hydrogen) atoms. The van der Waals surface area contributed by atoms with Crippen LogP contribution in [0.5, 0.6) is 5.75 Å². The zero-order valence-corrected chi connectivity index (χ0v) is 17.4. The van der Waals surface area contributed by atoms with Crippen LogP contribution < -0.4 is 14.4 Å². The Morgan fingerprint density at radius 3 is 2.19 bits per heavy atom. The van der Waals surface area contributed by atoms with Crippen LogP contribution in [0.25, 0.3) is 0 Å². The number of sulfonamides is 1. The molecule has 1 N–H and O–H groups in total. The molecule has 152 valence electrons. The number of carbonyl (C=O) groups is 1. The molecule has 0 bridgehead atoms. The Labute approximate surface area is 163 Å². The van der Waals surface area contributed by atoms with Gasteiger partial charge in [0.15, 0.2) is 0 Å². The van der Waals surface area contributed by atoms with Gasteiger partial charge >= 0.3 is 0 Å². The molecule has 0 spiro atoms. The normalized spacial score (nSPS) is 17.4. The van der Waals surface area contributed by atoms with E-state index in [0.29, 0.717) is 17.9 Å². The van der Waals surface area contributed by atoms with Gasteiger partial charge in [0.1, 0.15) is 11.8 Å². The maximum atomic E-state index is 13.0. The number of hydrogen-bond acceptors (Lipinski definition) is 4. The zero-order chi connectivity index (χ0) is 19.9. The van der Waals surface area contributed by atoms with Crippen molar-refractivity contribution in [2.75, 3.05) is 17.7 Å². The highest BCUT2D eigenvalue weighted by Gasteiger charge is 2.32. The number of benzene rings is 1. The Kier molecular flexibility index (Phi) is 7.95. The van der Waals surface area contributed by atoms with E-state index in [1.165, 1.54) is 23.6 Å². The fraction of sp³-hybridized carbons (Fsp3) is 0.650. The standard InChI is InChI=1S/C20H32N2O4S/c1-4-19(20(23)21-16-10-8-6-5-7-9-11-16)22(27(3,24)25)17-12-14-18(26-2)15-13-17/h12-16,19H,4-11H2,1-3H3,(H,21,23)/t19-/m1/s1. The summed E-state index contributed by atoms with van der Waals surface area (Å²) in [5.74, 6) is 0.420. The predicted molar refractivity (Wildman–Crippen MR) is 109 cm³/mol. The van der Waals surface area contributed by atoms with Crippen LogP contribution in [0, 0.1) is 0 Å². The van der Waals surface area contributed by atoms with Crippen molar-refractivity contribution >= 4 is 21.6 Å². The maximum Gasteiger partial charge on any atom is 0.244 e. The number of anilines is 1. The summed E-state index contributed by atoms with van der Waals surface area (Å²) in [6.45, 7) is 1.84. The van der Waals surface area contributed by atoms with Gasteiger partial charge in [-0.3, -0.25) is 9.10 Å². The Morgan fingerprint density at radius 1 is 1.15 bits per heavy atom. The number of carbonyl (C=O) groups excluding carboxylic acids is 1. The third-order valence-electron chi connectivity index (χ3n) is 5.11. The van der Waals surface area contributed by atoms with Gasteiger partial charge in [-0.1, -0.05) is 39.0 Å². The van der Waals surface area contributed by atoms with Crippen molar-refractivity contribution in [3.05, 3.63) is 24.3 Å². The minimum absolute atomic E-state index is 0.129. The molecule has 1 aliphatic rings. The summed E-state index contributed by atoms with van der Waals surface area (Å²) in [4.78, 5) is 13.0. The quantitative estimate of drug-likeness (QED) is 0.766. The van der Waals surface area contributed by atoms with E-state index in [-0.39, 0.29) is 11.9 Å². The van der Waals surface area contributed by atoms with Crippen molar-refractivity contribution < 1.29 is 17.9 Å². The number of rotatable bonds is 7. The predicted octanol–water partition coefficient (Wildman–Crippen LogP) is 3.47. The molecule has 1 amide bonds. The smallest absolute Gasteiger partial charge is 0.244 e. The van der Waals surface area contributed by atoms with Gasteiger partial charge in [-0.2, -0.15) is 0 Å². The molecule has 7 heteroatoms. The molecular formula is C20H32N2O4S. The highest BCUT2D eigenvalue weighted by molar-refractivity contribution is 7.92. The van der Waals surface area contributed by atoms with Gasteiger partial charge in [0.05, 0.1) is 19.1 Å². The summed E-state index contributed by atoms with van der Waals surface area (Å²) >= 11 is 0. The molecule has 0 radical (unpaired) electrons. The number of nitrogens with one attached hydrogen (secondary N) is 1.